The van der Waals surface area contributed by atoms with Crippen molar-refractivity contribution >= 4 is 34.5 Å². The first-order valence-corrected chi connectivity index (χ1v) is 19.7. The predicted octanol–water partition coefficient (Wildman–Crippen LogP) is 6.50. The van der Waals surface area contributed by atoms with E-state index in [1.165, 1.54) is 22.5 Å². The highest BCUT2D eigenvalue weighted by Gasteiger charge is 2.26. The van der Waals surface area contributed by atoms with Gasteiger partial charge in [-0.15, -0.1) is 0 Å². The fraction of sp³-hybridized carbons (Fsp3) is 0.432. The molecule has 14 nitrogen and oxygen atoms in total. The van der Waals surface area contributed by atoms with Gasteiger partial charge < -0.3 is 29.8 Å². The average Bonchev–Trinajstić information content (AvgIpc) is 3.60. The minimum atomic E-state index is -0.597. The van der Waals surface area contributed by atoms with Gasteiger partial charge in [0, 0.05) is 43.6 Å². The van der Waals surface area contributed by atoms with Crippen LogP contribution >= 0.6 is 0 Å². The molecule has 308 valence electrons. The molecule has 0 saturated carbocycles. The van der Waals surface area contributed by atoms with Crippen molar-refractivity contribution in [3.63, 3.8) is 0 Å². The molecule has 5 aromatic rings. The summed E-state index contributed by atoms with van der Waals surface area (Å²) in [6.45, 7) is 13.2. The summed E-state index contributed by atoms with van der Waals surface area (Å²) in [7, 11) is 1.55. The molecule has 0 aliphatic rings. The number of hydrogen-bond acceptors (Lipinski definition) is 10. The maximum atomic E-state index is 13.2. The Morgan fingerprint density at radius 3 is 2.45 bits per heavy atom. The second-order valence-electron chi connectivity index (χ2n) is 16.4. The monoisotopic (exact) mass is 793 g/mol. The van der Waals surface area contributed by atoms with Crippen LogP contribution in [-0.2, 0) is 27.8 Å². The first-order chi connectivity index (χ1) is 27.6. The number of ether oxygens (including phenoxy) is 2. The van der Waals surface area contributed by atoms with Crippen LogP contribution in [-0.4, -0.2) is 68.9 Å². The quantitative estimate of drug-likeness (QED) is 0.0737. The smallest absolute Gasteiger partial charge is 0.274 e. The van der Waals surface area contributed by atoms with E-state index in [-0.39, 0.29) is 40.3 Å². The highest BCUT2D eigenvalue weighted by Crippen LogP contribution is 2.26. The van der Waals surface area contributed by atoms with Crippen molar-refractivity contribution in [3.05, 3.63) is 101 Å². The standard InChI is InChI=1S/C44H55N7O7/c1-29(2)24-36(48-38(52)15-11-14-30-12-9-8-10-13-30)40(54)46-27-43(3,4)28-56-23-22-44(5,6)58-32-17-18-33(45-26-32)41(55)47-31-16-20-37-35(25-31)49-42(57-37)34-19-21-39(53)51(7)50-34/h8-10,12-13,16-21,25-26,29,36H,11,14-15,22-24,27-28H2,1-7H3,(H,46,54)(H,47,55)(H,48,52)/t36-/m0/s1. The van der Waals surface area contributed by atoms with Crippen LogP contribution in [0.4, 0.5) is 5.69 Å². The van der Waals surface area contributed by atoms with E-state index in [1.54, 1.807) is 43.4 Å². The lowest BCUT2D eigenvalue weighted by Crippen LogP contribution is -2.49. The van der Waals surface area contributed by atoms with Crippen LogP contribution < -0.4 is 26.2 Å². The zero-order valence-electron chi connectivity index (χ0n) is 34.5. The number of nitrogens with one attached hydrogen (secondary N) is 3. The predicted molar refractivity (Wildman–Crippen MR) is 222 cm³/mol. The molecular formula is C44H55N7O7. The largest absolute Gasteiger partial charge is 0.486 e. The van der Waals surface area contributed by atoms with Gasteiger partial charge in [-0.25, -0.2) is 14.6 Å². The topological polar surface area (TPSA) is 180 Å². The molecule has 3 N–H and O–H groups in total. The van der Waals surface area contributed by atoms with Gasteiger partial charge in [0.15, 0.2) is 5.58 Å². The second kappa shape index (κ2) is 19.5. The van der Waals surface area contributed by atoms with E-state index < -0.39 is 17.6 Å². The molecule has 0 fully saturated rings. The maximum absolute atomic E-state index is 13.2. The van der Waals surface area contributed by atoms with Gasteiger partial charge in [-0.05, 0) is 81.0 Å². The summed E-state index contributed by atoms with van der Waals surface area (Å²) < 4.78 is 19.2. The van der Waals surface area contributed by atoms with Crippen LogP contribution in [0, 0.1) is 11.3 Å². The van der Waals surface area contributed by atoms with Crippen LogP contribution in [0.1, 0.15) is 83.3 Å². The Labute approximate surface area is 339 Å². The molecule has 5 rings (SSSR count). The maximum Gasteiger partial charge on any atom is 0.274 e. The first kappa shape index (κ1) is 43.2. The molecule has 0 aliphatic carbocycles. The molecule has 0 radical (unpaired) electrons. The molecular weight excluding hydrogens is 739 g/mol. The van der Waals surface area contributed by atoms with Gasteiger partial charge in [-0.3, -0.25) is 19.2 Å². The summed E-state index contributed by atoms with van der Waals surface area (Å²) in [5.74, 6) is 0.283. The third-order valence-corrected chi connectivity index (χ3v) is 9.34. The number of aromatic nitrogens is 4. The van der Waals surface area contributed by atoms with Gasteiger partial charge in [0.05, 0.1) is 19.4 Å². The molecule has 3 heterocycles. The Morgan fingerprint density at radius 1 is 0.966 bits per heavy atom. The van der Waals surface area contributed by atoms with E-state index in [9.17, 15) is 19.2 Å². The molecule has 0 saturated heterocycles. The second-order valence-corrected chi connectivity index (χ2v) is 16.4. The van der Waals surface area contributed by atoms with E-state index in [4.69, 9.17) is 13.9 Å². The van der Waals surface area contributed by atoms with Crippen molar-refractivity contribution in [2.75, 3.05) is 25.1 Å². The zero-order valence-corrected chi connectivity index (χ0v) is 34.5. The van der Waals surface area contributed by atoms with Crippen LogP contribution in [0.15, 0.2) is 88.2 Å². The fourth-order valence-corrected chi connectivity index (χ4v) is 6.11. The number of carbonyl (C=O) groups excluding carboxylic acids is 3. The Hall–Kier alpha value is -5.89. The summed E-state index contributed by atoms with van der Waals surface area (Å²) in [6.07, 6.45) is 4.53. The zero-order chi connectivity index (χ0) is 41.9. The third kappa shape index (κ3) is 13.1. The molecule has 3 amide bonds. The van der Waals surface area contributed by atoms with E-state index in [1.807, 2.05) is 59.7 Å². The molecule has 14 heteroatoms. The van der Waals surface area contributed by atoms with Crippen molar-refractivity contribution in [1.29, 1.82) is 0 Å². The molecule has 0 unspecified atom stereocenters. The number of rotatable bonds is 20. The van der Waals surface area contributed by atoms with E-state index in [0.717, 1.165) is 6.42 Å². The van der Waals surface area contributed by atoms with Gasteiger partial charge >= 0.3 is 0 Å². The normalized spacial score (nSPS) is 12.3. The van der Waals surface area contributed by atoms with Crippen LogP contribution in [0.5, 0.6) is 5.75 Å². The lowest BCUT2D eigenvalue weighted by Gasteiger charge is -2.29. The van der Waals surface area contributed by atoms with Crippen LogP contribution in [0.2, 0.25) is 0 Å². The van der Waals surface area contributed by atoms with Gasteiger partial charge in [0.2, 0.25) is 17.7 Å². The van der Waals surface area contributed by atoms with Gasteiger partial charge in [0.1, 0.15) is 34.3 Å². The number of aryl methyl sites for hydroxylation is 2. The highest BCUT2D eigenvalue weighted by molar-refractivity contribution is 6.03. The van der Waals surface area contributed by atoms with Gasteiger partial charge in [0.25, 0.3) is 11.5 Å². The summed E-state index contributed by atoms with van der Waals surface area (Å²) in [4.78, 5) is 59.4. The number of anilines is 1. The number of hydrogen-bond donors (Lipinski definition) is 3. The summed E-state index contributed by atoms with van der Waals surface area (Å²) in [6, 6.07) is 20.8. The Morgan fingerprint density at radius 2 is 1.74 bits per heavy atom. The average molecular weight is 794 g/mol. The van der Waals surface area contributed by atoms with Crippen molar-refractivity contribution < 1.29 is 28.3 Å². The third-order valence-electron chi connectivity index (χ3n) is 9.34. The molecule has 58 heavy (non-hydrogen) atoms. The molecule has 3 aromatic heterocycles. The number of amides is 3. The minimum absolute atomic E-state index is 0.117. The Balaban J connectivity index is 1.03. The van der Waals surface area contributed by atoms with Crippen molar-refractivity contribution in [2.24, 2.45) is 18.4 Å². The van der Waals surface area contributed by atoms with Gasteiger partial charge in [-0.2, -0.15) is 5.10 Å². The fourth-order valence-electron chi connectivity index (χ4n) is 6.11. The number of nitrogens with zero attached hydrogens (tertiary/aromatic N) is 4. The number of pyridine rings is 1. The van der Waals surface area contributed by atoms with Crippen molar-refractivity contribution in [3.8, 4) is 17.3 Å². The number of fused-ring (bicyclic) bond motifs is 1. The molecule has 0 spiro atoms. The van der Waals surface area contributed by atoms with E-state index in [2.05, 4.69) is 43.1 Å². The SMILES string of the molecule is CC(C)C[C@H](NC(=O)CCCc1ccccc1)C(=O)NCC(C)(C)COCCC(C)(C)Oc1ccc(C(=O)Nc2ccc3oc(-c4ccc(=O)n(C)n4)nc3c2)nc1. The van der Waals surface area contributed by atoms with E-state index in [0.29, 0.717) is 73.7 Å². The molecule has 0 aliphatic heterocycles. The number of oxazole rings is 1. The van der Waals surface area contributed by atoms with E-state index >= 15 is 0 Å². The van der Waals surface area contributed by atoms with Crippen LogP contribution in [0.3, 0.4) is 0 Å². The molecule has 0 bridgehead atoms. The first-order valence-electron chi connectivity index (χ1n) is 19.7. The molecule has 2 aromatic carbocycles. The van der Waals surface area contributed by atoms with Crippen molar-refractivity contribution in [1.82, 2.24) is 30.4 Å². The summed E-state index contributed by atoms with van der Waals surface area (Å²) in [5.41, 5.74) is 2.13. The molecule has 1 atom stereocenters. The Kier molecular flexibility index (Phi) is 14.5. The number of carbonyl (C=O) groups is 3. The number of benzene rings is 2. The highest BCUT2D eigenvalue weighted by atomic mass is 16.5. The van der Waals surface area contributed by atoms with Gasteiger partial charge in [-0.1, -0.05) is 58.0 Å². The van der Waals surface area contributed by atoms with Crippen LogP contribution in [0.25, 0.3) is 22.7 Å². The lowest BCUT2D eigenvalue weighted by molar-refractivity contribution is -0.129. The summed E-state index contributed by atoms with van der Waals surface area (Å²) >= 11 is 0. The Bertz CT molecular complexity index is 2210. The lowest BCUT2D eigenvalue weighted by atomic mass is 9.94. The van der Waals surface area contributed by atoms with Crippen molar-refractivity contribution in [2.45, 2.75) is 85.3 Å². The minimum Gasteiger partial charge on any atom is -0.486 e. The summed E-state index contributed by atoms with van der Waals surface area (Å²) in [5, 5.41) is 13.0.